The smallest absolute Gasteiger partial charge is 0.269 e. The second kappa shape index (κ2) is 6.85. The zero-order valence-corrected chi connectivity index (χ0v) is 11.1. The van der Waals surface area contributed by atoms with Crippen LogP contribution in [0.1, 0.15) is 35.3 Å². The summed E-state index contributed by atoms with van der Waals surface area (Å²) in [6.07, 6.45) is 4.66. The number of pyridine rings is 1. The lowest BCUT2D eigenvalue weighted by Gasteiger charge is -2.22. The van der Waals surface area contributed by atoms with E-state index in [0.717, 1.165) is 25.9 Å². The molecule has 0 aliphatic carbocycles. The van der Waals surface area contributed by atoms with Gasteiger partial charge in [0, 0.05) is 24.9 Å². The molecular weight excluding hydrogens is 260 g/mol. The normalized spacial score (nSPS) is 19.6. The molecule has 20 heavy (non-hydrogen) atoms. The van der Waals surface area contributed by atoms with Gasteiger partial charge in [0.05, 0.1) is 6.10 Å². The van der Waals surface area contributed by atoms with Gasteiger partial charge in [-0.05, 0) is 31.4 Å². The molecule has 0 saturated carbocycles. The van der Waals surface area contributed by atoms with Crippen LogP contribution < -0.4 is 11.1 Å². The molecule has 1 amide bonds. The molecular formula is C13H18N4O3. The molecule has 0 radical (unpaired) electrons. The Morgan fingerprint density at radius 3 is 3.00 bits per heavy atom. The first kappa shape index (κ1) is 14.3. The predicted molar refractivity (Wildman–Crippen MR) is 72.7 cm³/mol. The van der Waals surface area contributed by atoms with Gasteiger partial charge >= 0.3 is 0 Å². The molecule has 1 aromatic rings. The maximum atomic E-state index is 11.9. The Kier molecular flexibility index (Phi) is 4.89. The van der Waals surface area contributed by atoms with Crippen LogP contribution in [0.5, 0.6) is 0 Å². The van der Waals surface area contributed by atoms with Gasteiger partial charge in [0.25, 0.3) is 5.91 Å². The minimum Gasteiger partial charge on any atom is -0.409 e. The molecule has 0 spiro atoms. The van der Waals surface area contributed by atoms with E-state index in [9.17, 15) is 4.79 Å². The van der Waals surface area contributed by atoms with Crippen molar-refractivity contribution in [2.45, 2.75) is 25.4 Å². The molecule has 0 aromatic carbocycles. The van der Waals surface area contributed by atoms with Gasteiger partial charge in [-0.25, -0.2) is 0 Å². The first-order valence-electron chi connectivity index (χ1n) is 6.54. The fourth-order valence-corrected chi connectivity index (χ4v) is 2.00. The Morgan fingerprint density at radius 2 is 2.40 bits per heavy atom. The molecule has 1 unspecified atom stereocenters. The number of amidine groups is 1. The van der Waals surface area contributed by atoms with Gasteiger partial charge < -0.3 is 21.0 Å². The minimum absolute atomic E-state index is 0.0416. The summed E-state index contributed by atoms with van der Waals surface area (Å²) >= 11 is 0. The highest BCUT2D eigenvalue weighted by molar-refractivity contribution is 5.98. The summed E-state index contributed by atoms with van der Waals surface area (Å²) in [6, 6.07) is 3.11. The number of nitrogens with two attached hydrogens (primary N) is 1. The summed E-state index contributed by atoms with van der Waals surface area (Å²) in [4.78, 5) is 15.9. The number of nitrogens with zero attached hydrogens (tertiary/aromatic N) is 2. The van der Waals surface area contributed by atoms with Crippen LogP contribution in [-0.2, 0) is 4.74 Å². The van der Waals surface area contributed by atoms with Crippen molar-refractivity contribution in [3.05, 3.63) is 29.6 Å². The first-order chi connectivity index (χ1) is 9.70. The lowest BCUT2D eigenvalue weighted by atomic mass is 10.1. The summed E-state index contributed by atoms with van der Waals surface area (Å²) in [5.74, 6) is -0.301. The fourth-order valence-electron chi connectivity index (χ4n) is 2.00. The van der Waals surface area contributed by atoms with Gasteiger partial charge in [-0.15, -0.1) is 0 Å². The van der Waals surface area contributed by atoms with Crippen molar-refractivity contribution in [2.24, 2.45) is 10.9 Å². The van der Waals surface area contributed by atoms with Crippen LogP contribution in [0.2, 0.25) is 0 Å². The molecule has 1 atom stereocenters. The first-order valence-corrected chi connectivity index (χ1v) is 6.54. The van der Waals surface area contributed by atoms with E-state index in [1.54, 1.807) is 6.07 Å². The molecule has 1 aliphatic rings. The van der Waals surface area contributed by atoms with E-state index < -0.39 is 0 Å². The third kappa shape index (κ3) is 3.67. The highest BCUT2D eigenvalue weighted by Gasteiger charge is 2.15. The second-order valence-electron chi connectivity index (χ2n) is 4.62. The summed E-state index contributed by atoms with van der Waals surface area (Å²) in [5.41, 5.74) is 6.16. The van der Waals surface area contributed by atoms with Gasteiger partial charge in [0.1, 0.15) is 5.69 Å². The van der Waals surface area contributed by atoms with E-state index in [-0.39, 0.29) is 23.5 Å². The highest BCUT2D eigenvalue weighted by Crippen LogP contribution is 2.11. The number of rotatable bonds is 4. The molecule has 1 aliphatic heterocycles. The molecule has 1 fully saturated rings. The Balaban J connectivity index is 1.88. The largest absolute Gasteiger partial charge is 0.409 e. The lowest BCUT2D eigenvalue weighted by molar-refractivity contribution is 0.0168. The molecule has 1 aromatic heterocycles. The SMILES string of the molecule is NC(=NO)c1ccc(C(=O)NCC2CCCCO2)nc1. The van der Waals surface area contributed by atoms with Crippen LogP contribution in [0, 0.1) is 0 Å². The number of carbonyl (C=O) groups excluding carboxylic acids is 1. The number of hydrogen-bond acceptors (Lipinski definition) is 5. The van der Waals surface area contributed by atoms with Crippen molar-refractivity contribution in [3.63, 3.8) is 0 Å². The summed E-state index contributed by atoms with van der Waals surface area (Å²) in [6.45, 7) is 1.25. The van der Waals surface area contributed by atoms with E-state index in [0.29, 0.717) is 12.1 Å². The van der Waals surface area contributed by atoms with Crippen LogP contribution in [-0.4, -0.2) is 41.2 Å². The summed E-state index contributed by atoms with van der Waals surface area (Å²) in [5, 5.41) is 14.2. The van der Waals surface area contributed by atoms with E-state index in [2.05, 4.69) is 15.5 Å². The van der Waals surface area contributed by atoms with Crippen molar-refractivity contribution in [2.75, 3.05) is 13.2 Å². The average molecular weight is 278 g/mol. The van der Waals surface area contributed by atoms with Gasteiger partial charge in [-0.2, -0.15) is 0 Å². The van der Waals surface area contributed by atoms with E-state index >= 15 is 0 Å². The van der Waals surface area contributed by atoms with Crippen molar-refractivity contribution < 1.29 is 14.7 Å². The number of hydrogen-bond donors (Lipinski definition) is 3. The van der Waals surface area contributed by atoms with Gasteiger partial charge in [0.15, 0.2) is 5.84 Å². The highest BCUT2D eigenvalue weighted by atomic mass is 16.5. The van der Waals surface area contributed by atoms with Gasteiger partial charge in [0.2, 0.25) is 0 Å². The van der Waals surface area contributed by atoms with Crippen LogP contribution in [0.15, 0.2) is 23.5 Å². The topological polar surface area (TPSA) is 110 Å². The van der Waals surface area contributed by atoms with Crippen LogP contribution >= 0.6 is 0 Å². The minimum atomic E-state index is -0.259. The quantitative estimate of drug-likeness (QED) is 0.321. The molecule has 7 nitrogen and oxygen atoms in total. The van der Waals surface area contributed by atoms with Crippen molar-refractivity contribution in [1.29, 1.82) is 0 Å². The third-order valence-electron chi connectivity index (χ3n) is 3.16. The number of amides is 1. The lowest BCUT2D eigenvalue weighted by Crippen LogP contribution is -2.35. The fraction of sp³-hybridized carbons (Fsp3) is 0.462. The molecule has 7 heteroatoms. The Morgan fingerprint density at radius 1 is 1.55 bits per heavy atom. The molecule has 2 heterocycles. The van der Waals surface area contributed by atoms with Crippen molar-refractivity contribution in [3.8, 4) is 0 Å². The number of carbonyl (C=O) groups is 1. The molecule has 2 rings (SSSR count). The van der Waals surface area contributed by atoms with Gasteiger partial charge in [-0.1, -0.05) is 5.16 Å². The van der Waals surface area contributed by atoms with Crippen LogP contribution in [0.25, 0.3) is 0 Å². The average Bonchev–Trinajstić information content (AvgIpc) is 2.53. The monoisotopic (exact) mass is 278 g/mol. The third-order valence-corrected chi connectivity index (χ3v) is 3.16. The number of nitrogens with one attached hydrogen (secondary N) is 1. The van der Waals surface area contributed by atoms with Crippen LogP contribution in [0.3, 0.4) is 0 Å². The van der Waals surface area contributed by atoms with Crippen molar-refractivity contribution >= 4 is 11.7 Å². The Labute approximate surface area is 116 Å². The molecule has 108 valence electrons. The maximum absolute atomic E-state index is 11.9. The maximum Gasteiger partial charge on any atom is 0.269 e. The Hall–Kier alpha value is -2.15. The molecule has 0 bridgehead atoms. The summed E-state index contributed by atoms with van der Waals surface area (Å²) in [7, 11) is 0. The number of aromatic nitrogens is 1. The number of oxime groups is 1. The Bertz CT molecular complexity index is 481. The van der Waals surface area contributed by atoms with Crippen LogP contribution in [0.4, 0.5) is 0 Å². The predicted octanol–water partition coefficient (Wildman–Crippen LogP) is 0.475. The van der Waals surface area contributed by atoms with Gasteiger partial charge in [-0.3, -0.25) is 9.78 Å². The number of ether oxygens (including phenoxy) is 1. The van der Waals surface area contributed by atoms with E-state index in [1.807, 2.05) is 0 Å². The molecule has 1 saturated heterocycles. The molecule has 4 N–H and O–H groups in total. The van der Waals surface area contributed by atoms with E-state index in [4.69, 9.17) is 15.7 Å². The standard InChI is InChI=1S/C13H18N4O3/c14-12(17-19)9-4-5-11(15-7-9)13(18)16-8-10-3-1-2-6-20-10/h4-5,7,10,19H,1-3,6,8H2,(H2,14,17)(H,16,18). The zero-order valence-electron chi connectivity index (χ0n) is 11.1. The second-order valence-corrected chi connectivity index (χ2v) is 4.62. The van der Waals surface area contributed by atoms with Crippen molar-refractivity contribution in [1.82, 2.24) is 10.3 Å². The van der Waals surface area contributed by atoms with E-state index in [1.165, 1.54) is 12.3 Å². The summed E-state index contributed by atoms with van der Waals surface area (Å²) < 4.78 is 5.53. The zero-order chi connectivity index (χ0) is 14.4.